The van der Waals surface area contributed by atoms with E-state index in [4.69, 9.17) is 4.11 Å². The Labute approximate surface area is 95.0 Å². The van der Waals surface area contributed by atoms with Gasteiger partial charge in [0.15, 0.2) is 0 Å². The molecule has 0 amide bonds. The number of allylic oxidation sites excluding steroid dienone is 2. The van der Waals surface area contributed by atoms with E-state index in [0.29, 0.717) is 5.57 Å². The van der Waals surface area contributed by atoms with Crippen molar-refractivity contribution in [1.82, 2.24) is 0 Å². The number of rotatable bonds is 9. The summed E-state index contributed by atoms with van der Waals surface area (Å²) >= 11 is 0. The van der Waals surface area contributed by atoms with E-state index in [1.54, 1.807) is 0 Å². The fourth-order valence-electron chi connectivity index (χ4n) is 1.49. The molecular formula is C14H28. The molecule has 0 bridgehead atoms. The molecule has 0 aliphatic heterocycles. The Balaban J connectivity index is 3.94. The maximum atomic E-state index is 7.48. The van der Waals surface area contributed by atoms with Gasteiger partial charge in [0.05, 0.1) is 0 Å². The average Bonchev–Trinajstić information content (AvgIpc) is 2.25. The van der Waals surface area contributed by atoms with Gasteiger partial charge in [-0.1, -0.05) is 57.6 Å². The molecule has 0 fully saturated rings. The molecule has 0 radical (unpaired) electrons. The van der Waals surface area contributed by atoms with Crippen LogP contribution in [0.3, 0.4) is 0 Å². The van der Waals surface area contributed by atoms with Crippen molar-refractivity contribution >= 4 is 0 Å². The first-order valence-corrected chi connectivity index (χ1v) is 6.21. The first-order chi connectivity index (χ1) is 8.02. The summed E-state index contributed by atoms with van der Waals surface area (Å²) in [4.78, 5) is 0. The van der Waals surface area contributed by atoms with Crippen LogP contribution in [0.4, 0.5) is 0 Å². The van der Waals surface area contributed by atoms with Crippen LogP contribution in [-0.4, -0.2) is 0 Å². The lowest BCUT2D eigenvalue weighted by molar-refractivity contribution is 0.635. The molecular weight excluding hydrogens is 168 g/mol. The van der Waals surface area contributed by atoms with Crippen LogP contribution in [-0.2, 0) is 0 Å². The van der Waals surface area contributed by atoms with Crippen molar-refractivity contribution in [3.05, 3.63) is 11.6 Å². The van der Waals surface area contributed by atoms with Gasteiger partial charge >= 0.3 is 0 Å². The molecule has 0 aliphatic carbocycles. The fourth-order valence-corrected chi connectivity index (χ4v) is 1.49. The second-order valence-electron chi connectivity index (χ2n) is 4.04. The highest BCUT2D eigenvalue weighted by Gasteiger charge is 1.90. The Morgan fingerprint density at radius 3 is 2.36 bits per heavy atom. The summed E-state index contributed by atoms with van der Waals surface area (Å²) in [7, 11) is 0. The molecule has 0 heterocycles. The van der Waals surface area contributed by atoms with Gasteiger partial charge in [-0.3, -0.25) is 0 Å². The molecule has 0 rings (SSSR count). The lowest BCUT2D eigenvalue weighted by Crippen LogP contribution is -1.80. The minimum absolute atomic E-state index is 0.676. The van der Waals surface area contributed by atoms with E-state index in [1.807, 2.05) is 6.08 Å². The van der Waals surface area contributed by atoms with Gasteiger partial charge < -0.3 is 0 Å². The van der Waals surface area contributed by atoms with Crippen LogP contribution in [0.1, 0.15) is 82.6 Å². The molecule has 0 heteroatoms. The minimum atomic E-state index is -1.88. The monoisotopic (exact) mass is 199 g/mol. The maximum Gasteiger partial charge on any atom is 0.0276 e. The van der Waals surface area contributed by atoms with E-state index in [-0.39, 0.29) is 0 Å². The fraction of sp³-hybridized carbons (Fsp3) is 0.857. The van der Waals surface area contributed by atoms with Gasteiger partial charge in [-0.05, 0) is 32.5 Å². The third kappa shape index (κ3) is 9.83. The average molecular weight is 199 g/mol. The Kier molecular flexibility index (Phi) is 6.96. The van der Waals surface area contributed by atoms with Gasteiger partial charge in [0.1, 0.15) is 0 Å². The van der Waals surface area contributed by atoms with Crippen LogP contribution < -0.4 is 0 Å². The summed E-state index contributed by atoms with van der Waals surface area (Å²) in [6.07, 6.45) is 11.9. The van der Waals surface area contributed by atoms with Gasteiger partial charge in [0, 0.05) is 4.11 Å². The Bertz CT molecular complexity index is 204. The van der Waals surface area contributed by atoms with Gasteiger partial charge in [0.2, 0.25) is 0 Å². The maximum absolute atomic E-state index is 7.48. The van der Waals surface area contributed by atoms with Crippen LogP contribution in [0, 0.1) is 0 Å². The Hall–Kier alpha value is -0.260. The van der Waals surface area contributed by atoms with Crippen molar-refractivity contribution in [1.29, 1.82) is 0 Å². The highest BCUT2D eigenvalue weighted by atomic mass is 14.0. The zero-order chi connectivity index (χ0) is 13.1. The minimum Gasteiger partial charge on any atom is -0.0856 e. The summed E-state index contributed by atoms with van der Waals surface area (Å²) in [5, 5.41) is 0. The zero-order valence-electron chi connectivity index (χ0n) is 12.9. The molecule has 0 nitrogen and oxygen atoms in total. The second-order valence-corrected chi connectivity index (χ2v) is 4.04. The molecule has 84 valence electrons. The van der Waals surface area contributed by atoms with Crippen LogP contribution in [0.2, 0.25) is 0 Å². The third-order valence-electron chi connectivity index (χ3n) is 2.50. The first-order valence-electron chi connectivity index (χ1n) is 7.71. The molecule has 0 aromatic carbocycles. The van der Waals surface area contributed by atoms with E-state index in [1.165, 1.54) is 25.7 Å². The normalized spacial score (nSPS) is 16.1. The molecule has 0 unspecified atom stereocenters. The number of unbranched alkanes of at least 4 members (excludes halogenated alkanes) is 6. The van der Waals surface area contributed by atoms with Crippen LogP contribution in [0.25, 0.3) is 0 Å². The predicted molar refractivity (Wildman–Crippen MR) is 66.7 cm³/mol. The summed E-state index contributed by atoms with van der Waals surface area (Å²) in [6.45, 7) is 2.43. The molecule has 0 saturated heterocycles. The lowest BCUT2D eigenvalue weighted by atomic mass is 10.1. The molecule has 0 aromatic rings. The summed E-state index contributed by atoms with van der Waals surface area (Å²) in [5.74, 6) is 0. The quantitative estimate of drug-likeness (QED) is 0.340. The Morgan fingerprint density at radius 1 is 1.00 bits per heavy atom. The number of hydrogen-bond donors (Lipinski definition) is 0. The van der Waals surface area contributed by atoms with Gasteiger partial charge in [0.25, 0.3) is 0 Å². The van der Waals surface area contributed by atoms with Crippen LogP contribution >= 0.6 is 0 Å². The van der Waals surface area contributed by atoms with Crippen molar-refractivity contribution in [2.45, 2.75) is 78.5 Å². The van der Waals surface area contributed by atoms with Crippen LogP contribution in [0.15, 0.2) is 11.6 Å². The van der Waals surface area contributed by atoms with Crippen molar-refractivity contribution < 1.29 is 4.11 Å². The van der Waals surface area contributed by atoms with Crippen LogP contribution in [0.5, 0.6) is 0 Å². The third-order valence-corrected chi connectivity index (χ3v) is 2.50. The van der Waals surface area contributed by atoms with Crippen molar-refractivity contribution in [2.24, 2.45) is 0 Å². The van der Waals surface area contributed by atoms with Gasteiger partial charge in [-0.2, -0.15) is 0 Å². The summed E-state index contributed by atoms with van der Waals surface area (Å²) in [6, 6.07) is 0. The lowest BCUT2D eigenvalue weighted by Gasteiger charge is -2.00. The molecule has 0 aromatic heterocycles. The standard InChI is InChI=1S/C14H28/c1-4-6-8-9-10-11-13-14(3)12-7-5-2/h13H,4-12H2,1-3H3/b14-13+/i3D3. The molecule has 0 aliphatic rings. The van der Waals surface area contributed by atoms with Gasteiger partial charge in [-0.15, -0.1) is 0 Å². The van der Waals surface area contributed by atoms with Crippen molar-refractivity contribution in [2.75, 3.05) is 0 Å². The van der Waals surface area contributed by atoms with Crippen molar-refractivity contribution in [3.8, 4) is 0 Å². The predicted octanol–water partition coefficient (Wildman–Crippen LogP) is 5.48. The second kappa shape index (κ2) is 10.8. The highest BCUT2D eigenvalue weighted by Crippen LogP contribution is 2.10. The largest absolute Gasteiger partial charge is 0.0856 e. The number of hydrogen-bond acceptors (Lipinski definition) is 0. The zero-order valence-corrected chi connectivity index (χ0v) is 9.94. The van der Waals surface area contributed by atoms with E-state index in [2.05, 4.69) is 13.8 Å². The SMILES string of the molecule is [2H]C([2H])([2H])/C(=C\CCCCCCC)CCCC. The Morgan fingerprint density at radius 2 is 1.71 bits per heavy atom. The molecule has 0 saturated carbocycles. The molecule has 14 heavy (non-hydrogen) atoms. The molecule has 0 atom stereocenters. The van der Waals surface area contributed by atoms with E-state index < -0.39 is 6.85 Å². The molecule has 0 N–H and O–H groups in total. The van der Waals surface area contributed by atoms with E-state index in [9.17, 15) is 0 Å². The summed E-state index contributed by atoms with van der Waals surface area (Å²) in [5.41, 5.74) is 0.676. The van der Waals surface area contributed by atoms with E-state index >= 15 is 0 Å². The first kappa shape index (κ1) is 9.00. The van der Waals surface area contributed by atoms with Crippen molar-refractivity contribution in [3.63, 3.8) is 0 Å². The van der Waals surface area contributed by atoms with Gasteiger partial charge in [-0.25, -0.2) is 0 Å². The van der Waals surface area contributed by atoms with E-state index in [0.717, 1.165) is 32.1 Å². The summed E-state index contributed by atoms with van der Waals surface area (Å²) < 4.78 is 22.4. The highest BCUT2D eigenvalue weighted by molar-refractivity contribution is 4.97. The topological polar surface area (TPSA) is 0 Å². The molecule has 0 spiro atoms. The smallest absolute Gasteiger partial charge is 0.0276 e.